The summed E-state index contributed by atoms with van der Waals surface area (Å²) in [7, 11) is 0. The van der Waals surface area contributed by atoms with Crippen LogP contribution in [0.4, 0.5) is 11.5 Å². The topological polar surface area (TPSA) is 55.8 Å². The predicted molar refractivity (Wildman–Crippen MR) is 177 cm³/mol. The van der Waals surface area contributed by atoms with Crippen LogP contribution in [0, 0.1) is 0 Å². The number of benzene rings is 3. The Bertz CT molecular complexity index is 1520. The second-order valence-electron chi connectivity index (χ2n) is 10.8. The van der Waals surface area contributed by atoms with E-state index in [1.54, 1.807) is 11.8 Å². The Labute approximate surface area is 267 Å². The normalized spacial score (nSPS) is 16.0. The zero-order valence-corrected chi connectivity index (χ0v) is 26.2. The summed E-state index contributed by atoms with van der Waals surface area (Å²) in [6.07, 6.45) is 0. The van der Waals surface area contributed by atoms with Gasteiger partial charge in [0.15, 0.2) is 5.16 Å². The Morgan fingerprint density at radius 3 is 2.12 bits per heavy atom. The first-order valence-corrected chi connectivity index (χ1v) is 16.3. The van der Waals surface area contributed by atoms with Crippen LogP contribution >= 0.6 is 35.0 Å². The average molecular weight is 634 g/mol. The minimum atomic E-state index is 0.0935. The number of rotatable bonds is 8. The summed E-state index contributed by atoms with van der Waals surface area (Å²) in [5, 5.41) is 1.85. The minimum Gasteiger partial charge on any atom is -0.367 e. The number of hydrogen-bond donors (Lipinski definition) is 0. The molecular formula is C33H34Cl2N6OS. The molecule has 0 bridgehead atoms. The fourth-order valence-electron chi connectivity index (χ4n) is 5.52. The number of amides is 1. The van der Waals surface area contributed by atoms with Crippen LogP contribution in [0.2, 0.25) is 10.2 Å². The van der Waals surface area contributed by atoms with Gasteiger partial charge in [-0.05, 0) is 35.4 Å². The summed E-state index contributed by atoms with van der Waals surface area (Å²) in [6.45, 7) is 7.51. The maximum absolute atomic E-state index is 13.2. The van der Waals surface area contributed by atoms with Crippen LogP contribution in [-0.2, 0) is 12.3 Å². The summed E-state index contributed by atoms with van der Waals surface area (Å²) < 4.78 is 0. The molecule has 0 spiro atoms. The highest BCUT2D eigenvalue weighted by atomic mass is 35.5. The van der Waals surface area contributed by atoms with E-state index in [2.05, 4.69) is 50.0 Å². The molecule has 2 saturated heterocycles. The highest BCUT2D eigenvalue weighted by Crippen LogP contribution is 2.29. The Hall–Kier alpha value is -3.30. The van der Waals surface area contributed by atoms with E-state index in [9.17, 15) is 4.79 Å². The number of aromatic nitrogens is 2. The summed E-state index contributed by atoms with van der Waals surface area (Å²) in [5.41, 5.74) is 4.20. The molecule has 0 aliphatic carbocycles. The second kappa shape index (κ2) is 14.0. The quantitative estimate of drug-likeness (QED) is 0.127. The predicted octanol–water partition coefficient (Wildman–Crippen LogP) is 6.36. The lowest BCUT2D eigenvalue weighted by molar-refractivity contribution is 0.0628. The van der Waals surface area contributed by atoms with E-state index in [4.69, 9.17) is 28.2 Å². The van der Waals surface area contributed by atoms with Crippen molar-refractivity contribution in [1.82, 2.24) is 19.8 Å². The molecule has 222 valence electrons. The van der Waals surface area contributed by atoms with Crippen LogP contribution in [0.1, 0.15) is 21.5 Å². The van der Waals surface area contributed by atoms with Gasteiger partial charge < -0.3 is 14.7 Å². The van der Waals surface area contributed by atoms with Gasteiger partial charge in [0.2, 0.25) is 0 Å². The summed E-state index contributed by atoms with van der Waals surface area (Å²) in [4.78, 5) is 31.3. The monoisotopic (exact) mass is 632 g/mol. The molecular weight excluding hydrogens is 599 g/mol. The molecule has 7 nitrogen and oxygen atoms in total. The van der Waals surface area contributed by atoms with Crippen molar-refractivity contribution in [2.75, 3.05) is 62.2 Å². The number of hydrogen-bond acceptors (Lipinski definition) is 7. The maximum atomic E-state index is 13.2. The first-order chi connectivity index (χ1) is 21.0. The van der Waals surface area contributed by atoms with Crippen LogP contribution in [0.5, 0.6) is 0 Å². The highest BCUT2D eigenvalue weighted by Gasteiger charge is 2.23. The zero-order chi connectivity index (χ0) is 29.6. The van der Waals surface area contributed by atoms with Crippen LogP contribution in [0.3, 0.4) is 0 Å². The summed E-state index contributed by atoms with van der Waals surface area (Å²) in [6, 6.07) is 28.2. The molecule has 0 unspecified atom stereocenters. The number of carbonyl (C=O) groups is 1. The molecule has 0 N–H and O–H groups in total. The molecule has 1 aromatic heterocycles. The molecule has 1 amide bonds. The van der Waals surface area contributed by atoms with E-state index in [0.29, 0.717) is 16.1 Å². The van der Waals surface area contributed by atoms with Crippen molar-refractivity contribution in [3.63, 3.8) is 0 Å². The fourth-order valence-corrected chi connectivity index (χ4v) is 6.81. The molecule has 43 heavy (non-hydrogen) atoms. The maximum Gasteiger partial charge on any atom is 0.253 e. The molecule has 10 heteroatoms. The molecule has 2 aliphatic rings. The van der Waals surface area contributed by atoms with Crippen molar-refractivity contribution in [3.8, 4) is 0 Å². The first kappa shape index (κ1) is 29.8. The molecule has 0 atom stereocenters. The van der Waals surface area contributed by atoms with Crippen molar-refractivity contribution in [1.29, 1.82) is 0 Å². The zero-order valence-electron chi connectivity index (χ0n) is 23.9. The third kappa shape index (κ3) is 7.62. The average Bonchev–Trinajstić information content (AvgIpc) is 3.05. The standard InChI is InChI=1S/C33H34Cl2N6OS/c34-28-8-4-5-9-29(28)39-18-20-40(21-19-39)31-22-30(35)36-33(37-31)43-24-26-10-12-27(13-11-26)32(42)41-16-14-38(15-17-41)23-25-6-2-1-3-7-25/h1-13,22H,14-21,23-24H2. The summed E-state index contributed by atoms with van der Waals surface area (Å²) in [5.74, 6) is 1.62. The highest BCUT2D eigenvalue weighted by molar-refractivity contribution is 7.98. The number of nitrogens with zero attached hydrogens (tertiary/aromatic N) is 6. The van der Waals surface area contributed by atoms with Gasteiger partial charge in [-0.2, -0.15) is 0 Å². The third-order valence-electron chi connectivity index (χ3n) is 7.93. The lowest BCUT2D eigenvalue weighted by Crippen LogP contribution is -2.48. The van der Waals surface area contributed by atoms with Crippen molar-refractivity contribution < 1.29 is 4.79 Å². The number of piperazine rings is 2. The summed E-state index contributed by atoms with van der Waals surface area (Å²) >= 11 is 14.4. The minimum absolute atomic E-state index is 0.0935. The first-order valence-electron chi connectivity index (χ1n) is 14.6. The Morgan fingerprint density at radius 2 is 1.40 bits per heavy atom. The van der Waals surface area contributed by atoms with Gasteiger partial charge in [0.25, 0.3) is 5.91 Å². The molecule has 0 radical (unpaired) electrons. The van der Waals surface area contributed by atoms with E-state index in [-0.39, 0.29) is 5.91 Å². The molecule has 6 rings (SSSR count). The Balaban J connectivity index is 0.997. The fraction of sp³-hybridized carbons (Fsp3) is 0.303. The van der Waals surface area contributed by atoms with E-state index >= 15 is 0 Å². The molecule has 2 fully saturated rings. The van der Waals surface area contributed by atoms with Gasteiger partial charge in [-0.15, -0.1) is 0 Å². The van der Waals surface area contributed by atoms with Gasteiger partial charge in [0.05, 0.1) is 10.7 Å². The number of anilines is 2. The number of para-hydroxylation sites is 1. The molecule has 3 aromatic carbocycles. The van der Waals surface area contributed by atoms with E-state index in [1.807, 2.05) is 59.5 Å². The van der Waals surface area contributed by atoms with Crippen LogP contribution in [0.25, 0.3) is 0 Å². The molecule has 3 heterocycles. The van der Waals surface area contributed by atoms with E-state index in [1.165, 1.54) is 5.56 Å². The smallest absolute Gasteiger partial charge is 0.253 e. The molecule has 2 aliphatic heterocycles. The van der Waals surface area contributed by atoms with Crippen LogP contribution < -0.4 is 9.80 Å². The van der Waals surface area contributed by atoms with Crippen LogP contribution in [-0.4, -0.2) is 78.0 Å². The number of carbonyl (C=O) groups excluding carboxylic acids is 1. The lowest BCUT2D eigenvalue weighted by atomic mass is 10.1. The van der Waals surface area contributed by atoms with E-state index < -0.39 is 0 Å². The molecule has 0 saturated carbocycles. The van der Waals surface area contributed by atoms with Crippen molar-refractivity contribution >= 4 is 52.4 Å². The van der Waals surface area contributed by atoms with Gasteiger partial charge in [0.1, 0.15) is 11.0 Å². The van der Waals surface area contributed by atoms with Crippen molar-refractivity contribution in [2.24, 2.45) is 0 Å². The van der Waals surface area contributed by atoms with Crippen LogP contribution in [0.15, 0.2) is 90.1 Å². The SMILES string of the molecule is O=C(c1ccc(CSc2nc(Cl)cc(N3CCN(c4ccccc4Cl)CC3)n2)cc1)N1CCN(Cc2ccccc2)CC1. The van der Waals surface area contributed by atoms with Crippen molar-refractivity contribution in [2.45, 2.75) is 17.5 Å². The lowest BCUT2D eigenvalue weighted by Gasteiger charge is -2.37. The van der Waals surface area contributed by atoms with Gasteiger partial charge in [-0.1, -0.05) is 89.6 Å². The number of halogens is 2. The van der Waals surface area contributed by atoms with Gasteiger partial charge in [-0.25, -0.2) is 9.97 Å². The molecule has 4 aromatic rings. The van der Waals surface area contributed by atoms with Gasteiger partial charge in [-0.3, -0.25) is 9.69 Å². The number of thioether (sulfide) groups is 1. The van der Waals surface area contributed by atoms with Gasteiger partial charge in [0, 0.05) is 76.3 Å². The van der Waals surface area contributed by atoms with Crippen molar-refractivity contribution in [3.05, 3.63) is 112 Å². The second-order valence-corrected chi connectivity index (χ2v) is 12.5. The Morgan fingerprint density at radius 1 is 0.721 bits per heavy atom. The Kier molecular flexibility index (Phi) is 9.68. The van der Waals surface area contributed by atoms with Gasteiger partial charge >= 0.3 is 0 Å². The van der Waals surface area contributed by atoms with E-state index in [0.717, 1.165) is 86.6 Å². The largest absolute Gasteiger partial charge is 0.367 e. The third-order valence-corrected chi connectivity index (χ3v) is 9.37.